The summed E-state index contributed by atoms with van der Waals surface area (Å²) in [5.41, 5.74) is 1.24. The molecule has 3 amide bonds. The number of halogens is 4. The van der Waals surface area contributed by atoms with Crippen LogP contribution in [0.1, 0.15) is 46.6 Å². The third-order valence-corrected chi connectivity index (χ3v) is 5.71. The van der Waals surface area contributed by atoms with Gasteiger partial charge in [0, 0.05) is 12.1 Å². The Bertz CT molecular complexity index is 1200. The number of imidazole rings is 1. The molecule has 1 unspecified atom stereocenters. The Kier molecular flexibility index (Phi) is 4.24. The minimum Gasteiger partial charge on any atom is -0.337 e. The van der Waals surface area contributed by atoms with E-state index in [1.54, 1.807) is 6.07 Å². The first-order valence-electron chi connectivity index (χ1n) is 9.52. The Morgan fingerprint density at radius 2 is 1.84 bits per heavy atom. The van der Waals surface area contributed by atoms with Gasteiger partial charge < -0.3 is 5.32 Å². The first-order chi connectivity index (χ1) is 14.7. The van der Waals surface area contributed by atoms with Crippen LogP contribution in [-0.2, 0) is 11.0 Å². The smallest absolute Gasteiger partial charge is 0.337 e. The van der Waals surface area contributed by atoms with Gasteiger partial charge in [-0.1, -0.05) is 12.1 Å². The lowest BCUT2D eigenvalue weighted by Gasteiger charge is -2.22. The van der Waals surface area contributed by atoms with Gasteiger partial charge in [0.1, 0.15) is 0 Å². The summed E-state index contributed by atoms with van der Waals surface area (Å²) in [5, 5.41) is 8.86. The molecular formula is C20H15F4N5O2. The Hall–Kier alpha value is -3.50. The molecule has 3 heterocycles. The van der Waals surface area contributed by atoms with Crippen LogP contribution in [0.15, 0.2) is 36.5 Å². The van der Waals surface area contributed by atoms with Crippen molar-refractivity contribution >= 4 is 17.6 Å². The number of carbonyl (C=O) groups is 2. The van der Waals surface area contributed by atoms with E-state index in [-0.39, 0.29) is 24.1 Å². The lowest BCUT2D eigenvalue weighted by molar-refractivity contribution is -0.137. The van der Waals surface area contributed by atoms with E-state index in [0.29, 0.717) is 17.6 Å². The third-order valence-electron chi connectivity index (χ3n) is 5.71. The third kappa shape index (κ3) is 3.39. The summed E-state index contributed by atoms with van der Waals surface area (Å²) in [6.45, 7) is 0.0198. The van der Waals surface area contributed by atoms with Gasteiger partial charge in [0.25, 0.3) is 0 Å². The van der Waals surface area contributed by atoms with E-state index in [0.717, 1.165) is 28.4 Å². The van der Waals surface area contributed by atoms with Crippen molar-refractivity contribution in [1.29, 1.82) is 0 Å². The largest absolute Gasteiger partial charge is 0.416 e. The minimum absolute atomic E-state index is 0.0198. The average Bonchev–Trinajstić information content (AvgIpc) is 3.43. The number of nitrogens with one attached hydrogen (secondary N) is 2. The van der Waals surface area contributed by atoms with Crippen LogP contribution in [-0.4, -0.2) is 33.1 Å². The van der Waals surface area contributed by atoms with Gasteiger partial charge in [0.2, 0.25) is 11.9 Å². The number of amides is 3. The molecule has 5 rings (SSSR count). The number of imide groups is 1. The number of rotatable bonds is 3. The summed E-state index contributed by atoms with van der Waals surface area (Å²) in [5.74, 6) is -2.21. The summed E-state index contributed by atoms with van der Waals surface area (Å²) in [4.78, 5) is 27.7. The monoisotopic (exact) mass is 433 g/mol. The fraction of sp³-hybridized carbons (Fsp3) is 0.300. The second-order valence-corrected chi connectivity index (χ2v) is 7.66. The van der Waals surface area contributed by atoms with E-state index in [4.69, 9.17) is 0 Å². The van der Waals surface area contributed by atoms with Gasteiger partial charge >= 0.3 is 12.2 Å². The number of nitrogens with zero attached hydrogens (tertiary/aromatic N) is 3. The molecule has 2 fully saturated rings. The van der Waals surface area contributed by atoms with Crippen LogP contribution in [0.4, 0.5) is 22.4 Å². The van der Waals surface area contributed by atoms with E-state index in [2.05, 4.69) is 20.7 Å². The zero-order chi connectivity index (χ0) is 21.9. The average molecular weight is 433 g/mol. The zero-order valence-corrected chi connectivity index (χ0v) is 15.8. The molecule has 1 aromatic carbocycles. The molecule has 3 atom stereocenters. The zero-order valence-electron chi connectivity index (χ0n) is 15.8. The molecule has 11 heteroatoms. The molecule has 0 bridgehead atoms. The molecule has 3 aromatic rings. The summed E-state index contributed by atoms with van der Waals surface area (Å²) in [6.07, 6.45) is -2.74. The predicted molar refractivity (Wildman–Crippen MR) is 98.8 cm³/mol. The molecule has 31 heavy (non-hydrogen) atoms. The van der Waals surface area contributed by atoms with E-state index in [1.165, 1.54) is 12.1 Å². The fourth-order valence-corrected chi connectivity index (χ4v) is 4.02. The number of benzene rings is 1. The standard InChI is InChI=1S/C20H15F4N5O2/c21-16-8-25-17-13(6-15(28-29(16)17)14-7-26-19(31)27-18(14)30)12-5-11(12)9-1-3-10(4-2-9)20(22,23)24/h1-4,6,8,11-12,14H,5,7H2,(H2,26,27,30,31)/t11-,12+,14?/m1/s1. The van der Waals surface area contributed by atoms with Gasteiger partial charge in [0.05, 0.1) is 23.4 Å². The highest BCUT2D eigenvalue weighted by Gasteiger charge is 2.42. The van der Waals surface area contributed by atoms with Crippen molar-refractivity contribution in [3.05, 3.63) is 64.9 Å². The molecule has 1 saturated heterocycles. The SMILES string of the molecule is O=C1NCC(c2cc([C@H]3C[C@@H]3c3ccc(C(F)(F)F)cc3)c3ncc(F)n3n2)C(=O)N1. The van der Waals surface area contributed by atoms with Gasteiger partial charge in [-0.2, -0.15) is 27.2 Å². The molecule has 160 valence electrons. The molecule has 1 aliphatic carbocycles. The van der Waals surface area contributed by atoms with Crippen molar-refractivity contribution in [3.8, 4) is 0 Å². The molecule has 1 saturated carbocycles. The second kappa shape index (κ2) is 6.76. The minimum atomic E-state index is -4.41. The van der Waals surface area contributed by atoms with Crippen LogP contribution in [0, 0.1) is 5.95 Å². The number of aromatic nitrogens is 3. The predicted octanol–water partition coefficient (Wildman–Crippen LogP) is 3.08. The quantitative estimate of drug-likeness (QED) is 0.622. The van der Waals surface area contributed by atoms with Crippen LogP contribution in [0.3, 0.4) is 0 Å². The van der Waals surface area contributed by atoms with Crippen molar-refractivity contribution in [2.24, 2.45) is 0 Å². The number of urea groups is 1. The number of hydrogen-bond donors (Lipinski definition) is 2. The molecule has 2 N–H and O–H groups in total. The van der Waals surface area contributed by atoms with Gasteiger partial charge in [-0.3, -0.25) is 10.1 Å². The topological polar surface area (TPSA) is 88.4 Å². The molecule has 7 nitrogen and oxygen atoms in total. The lowest BCUT2D eigenvalue weighted by Crippen LogP contribution is -2.51. The molecule has 1 aliphatic heterocycles. The lowest BCUT2D eigenvalue weighted by atomic mass is 9.98. The van der Waals surface area contributed by atoms with Crippen molar-refractivity contribution in [2.75, 3.05) is 6.54 Å². The van der Waals surface area contributed by atoms with Crippen LogP contribution in [0.25, 0.3) is 5.65 Å². The highest BCUT2D eigenvalue weighted by Crippen LogP contribution is 2.55. The molecular weight excluding hydrogens is 418 g/mol. The van der Waals surface area contributed by atoms with Crippen molar-refractivity contribution in [2.45, 2.75) is 30.4 Å². The normalized spacial score (nSPS) is 23.5. The number of fused-ring (bicyclic) bond motifs is 1. The first kappa shape index (κ1) is 19.5. The van der Waals surface area contributed by atoms with Crippen LogP contribution >= 0.6 is 0 Å². The number of alkyl halides is 3. The maximum absolute atomic E-state index is 14.3. The number of hydrogen-bond acceptors (Lipinski definition) is 4. The summed E-state index contributed by atoms with van der Waals surface area (Å²) < 4.78 is 53.7. The van der Waals surface area contributed by atoms with Crippen LogP contribution in [0.5, 0.6) is 0 Å². The molecule has 2 aromatic heterocycles. The van der Waals surface area contributed by atoms with Crippen LogP contribution in [0.2, 0.25) is 0 Å². The van der Waals surface area contributed by atoms with Crippen molar-refractivity contribution in [3.63, 3.8) is 0 Å². The molecule has 2 aliphatic rings. The highest BCUT2D eigenvalue weighted by atomic mass is 19.4. The van der Waals surface area contributed by atoms with E-state index >= 15 is 0 Å². The summed E-state index contributed by atoms with van der Waals surface area (Å²) in [7, 11) is 0. The van der Waals surface area contributed by atoms with Crippen molar-refractivity contribution < 1.29 is 27.2 Å². The van der Waals surface area contributed by atoms with E-state index in [9.17, 15) is 27.2 Å². The maximum Gasteiger partial charge on any atom is 0.416 e. The Morgan fingerprint density at radius 1 is 1.10 bits per heavy atom. The Morgan fingerprint density at radius 3 is 2.52 bits per heavy atom. The molecule has 0 spiro atoms. The Balaban J connectivity index is 1.49. The van der Waals surface area contributed by atoms with Gasteiger partial charge in [-0.05, 0) is 42.0 Å². The molecule has 0 radical (unpaired) electrons. The summed E-state index contributed by atoms with van der Waals surface area (Å²) >= 11 is 0. The van der Waals surface area contributed by atoms with Crippen LogP contribution < -0.4 is 10.6 Å². The van der Waals surface area contributed by atoms with E-state index in [1.807, 2.05) is 0 Å². The van der Waals surface area contributed by atoms with E-state index < -0.39 is 35.5 Å². The maximum atomic E-state index is 14.3. The fourth-order valence-electron chi connectivity index (χ4n) is 4.02. The van der Waals surface area contributed by atoms with Gasteiger partial charge in [-0.25, -0.2) is 9.78 Å². The Labute approximate surface area is 172 Å². The van der Waals surface area contributed by atoms with Gasteiger partial charge in [-0.15, -0.1) is 0 Å². The van der Waals surface area contributed by atoms with Crippen molar-refractivity contribution in [1.82, 2.24) is 25.2 Å². The van der Waals surface area contributed by atoms with Gasteiger partial charge in [0.15, 0.2) is 5.65 Å². The first-order valence-corrected chi connectivity index (χ1v) is 9.52. The second-order valence-electron chi connectivity index (χ2n) is 7.66. The highest BCUT2D eigenvalue weighted by molar-refractivity contribution is 6.00. The summed E-state index contributed by atoms with van der Waals surface area (Å²) in [6, 6.07) is 6.04. The number of carbonyl (C=O) groups excluding carboxylic acids is 2.